The molecule has 0 bridgehead atoms. The van der Waals surface area contributed by atoms with E-state index in [0.717, 1.165) is 36.1 Å². The Morgan fingerprint density at radius 2 is 1.62 bits per heavy atom. The van der Waals surface area contributed by atoms with Gasteiger partial charge < -0.3 is 14.7 Å². The third-order valence-electron chi connectivity index (χ3n) is 7.59. The number of fused-ring (bicyclic) bond motifs is 1. The number of aliphatic hydroxyl groups excluding tert-OH is 1. The van der Waals surface area contributed by atoms with E-state index in [1.165, 1.54) is 23.1 Å². The van der Waals surface area contributed by atoms with Crippen molar-refractivity contribution in [2.45, 2.75) is 58.0 Å². The monoisotopic (exact) mass is 495 g/mol. The van der Waals surface area contributed by atoms with Crippen molar-refractivity contribution in [3.05, 3.63) is 106 Å². The fraction of sp³-hybridized carbons (Fsp3) is 0.312. The highest BCUT2D eigenvalue weighted by molar-refractivity contribution is 6.46. The molecule has 1 saturated heterocycles. The van der Waals surface area contributed by atoms with Crippen molar-refractivity contribution in [2.24, 2.45) is 0 Å². The Hall–Kier alpha value is -3.86. The molecule has 0 spiro atoms. The van der Waals surface area contributed by atoms with Gasteiger partial charge in [-0.25, -0.2) is 0 Å². The van der Waals surface area contributed by atoms with Crippen LogP contribution in [-0.2, 0) is 29.0 Å². The van der Waals surface area contributed by atoms with E-state index in [0.29, 0.717) is 11.5 Å². The van der Waals surface area contributed by atoms with E-state index in [4.69, 9.17) is 4.74 Å². The quantitative estimate of drug-likeness (QED) is 0.247. The van der Waals surface area contributed by atoms with Crippen LogP contribution >= 0.6 is 0 Å². The maximum atomic E-state index is 13.4. The lowest BCUT2D eigenvalue weighted by atomic mass is 9.88. The number of carbonyl (C=O) groups excluding carboxylic acids is 2. The minimum absolute atomic E-state index is 0.109. The zero-order valence-electron chi connectivity index (χ0n) is 21.7. The Labute approximate surface area is 218 Å². The molecule has 1 N–H and O–H groups in total. The highest BCUT2D eigenvalue weighted by atomic mass is 16.5. The Kier molecular flexibility index (Phi) is 6.88. The molecule has 2 aliphatic rings. The molecule has 0 saturated carbocycles. The molecule has 0 aromatic heterocycles. The number of Topliss-reactive ketones (excluding diaryl/α,β-unsaturated/α-hetero) is 1. The van der Waals surface area contributed by atoms with Gasteiger partial charge in [-0.3, -0.25) is 9.59 Å². The number of rotatable bonds is 6. The number of hydrogen-bond donors (Lipinski definition) is 1. The van der Waals surface area contributed by atoms with Crippen molar-refractivity contribution in [2.75, 3.05) is 7.11 Å². The lowest BCUT2D eigenvalue weighted by Crippen LogP contribution is -2.29. The number of aliphatic hydroxyl groups is 1. The minimum Gasteiger partial charge on any atom is -0.507 e. The van der Waals surface area contributed by atoms with E-state index >= 15 is 0 Å². The van der Waals surface area contributed by atoms with E-state index in [1.54, 1.807) is 12.0 Å². The number of methoxy groups -OCH3 is 1. The summed E-state index contributed by atoms with van der Waals surface area (Å²) in [6.45, 7) is 4.49. The topological polar surface area (TPSA) is 66.8 Å². The Morgan fingerprint density at radius 1 is 0.946 bits per heavy atom. The molecule has 37 heavy (non-hydrogen) atoms. The van der Waals surface area contributed by atoms with E-state index in [-0.39, 0.29) is 17.9 Å². The molecule has 1 amide bonds. The number of amides is 1. The van der Waals surface area contributed by atoms with Gasteiger partial charge in [-0.2, -0.15) is 0 Å². The lowest BCUT2D eigenvalue weighted by Gasteiger charge is -2.26. The summed E-state index contributed by atoms with van der Waals surface area (Å²) in [6, 6.07) is 20.7. The van der Waals surface area contributed by atoms with Gasteiger partial charge in [0.05, 0.1) is 18.7 Å². The van der Waals surface area contributed by atoms with Crippen LogP contribution in [0.4, 0.5) is 0 Å². The summed E-state index contributed by atoms with van der Waals surface area (Å²) in [5, 5.41) is 11.5. The zero-order chi connectivity index (χ0) is 26.1. The maximum Gasteiger partial charge on any atom is 0.295 e. The number of hydrogen-bond acceptors (Lipinski definition) is 4. The van der Waals surface area contributed by atoms with Crippen LogP contribution in [0.5, 0.6) is 5.75 Å². The van der Waals surface area contributed by atoms with Crippen molar-refractivity contribution >= 4 is 17.4 Å². The molecule has 0 radical (unpaired) electrons. The van der Waals surface area contributed by atoms with Gasteiger partial charge in [0.2, 0.25) is 0 Å². The summed E-state index contributed by atoms with van der Waals surface area (Å²) in [6.07, 6.45) is 4.28. The number of benzene rings is 3. The van der Waals surface area contributed by atoms with Crippen LogP contribution < -0.4 is 4.74 Å². The molecular formula is C32H33NO4. The van der Waals surface area contributed by atoms with E-state index in [2.05, 4.69) is 13.8 Å². The van der Waals surface area contributed by atoms with E-state index < -0.39 is 17.7 Å². The SMILES string of the molecule is COc1ccc(CN2C(=O)C(=O)/C(=C(\O)c3ccc4c(c3)CCCC4)C2c2ccc(C(C)C)cc2)cc1. The van der Waals surface area contributed by atoms with Gasteiger partial charge in [-0.05, 0) is 77.6 Å². The second-order valence-corrected chi connectivity index (χ2v) is 10.3. The Morgan fingerprint density at radius 3 is 2.27 bits per heavy atom. The maximum absolute atomic E-state index is 13.4. The highest BCUT2D eigenvalue weighted by Crippen LogP contribution is 2.41. The summed E-state index contributed by atoms with van der Waals surface area (Å²) in [7, 11) is 1.61. The summed E-state index contributed by atoms with van der Waals surface area (Å²) in [5.41, 5.74) is 6.09. The number of carbonyl (C=O) groups is 2. The molecule has 5 heteroatoms. The van der Waals surface area contributed by atoms with E-state index in [1.807, 2.05) is 66.7 Å². The van der Waals surface area contributed by atoms with Crippen LogP contribution in [0.2, 0.25) is 0 Å². The number of aryl methyl sites for hydroxylation is 2. The van der Waals surface area contributed by atoms with Crippen LogP contribution in [-0.4, -0.2) is 28.8 Å². The largest absolute Gasteiger partial charge is 0.507 e. The van der Waals surface area contributed by atoms with Gasteiger partial charge in [0.25, 0.3) is 11.7 Å². The van der Waals surface area contributed by atoms with Crippen LogP contribution in [0.15, 0.2) is 72.3 Å². The predicted octanol–water partition coefficient (Wildman–Crippen LogP) is 6.32. The van der Waals surface area contributed by atoms with Crippen LogP contribution in [0.1, 0.15) is 72.0 Å². The van der Waals surface area contributed by atoms with Crippen molar-refractivity contribution in [1.29, 1.82) is 0 Å². The zero-order valence-corrected chi connectivity index (χ0v) is 21.7. The molecule has 1 aliphatic carbocycles. The van der Waals surface area contributed by atoms with Crippen molar-refractivity contribution in [1.82, 2.24) is 4.90 Å². The molecule has 3 aromatic carbocycles. The van der Waals surface area contributed by atoms with Crippen LogP contribution in [0.25, 0.3) is 5.76 Å². The first kappa shape index (κ1) is 24.8. The average molecular weight is 496 g/mol. The smallest absolute Gasteiger partial charge is 0.295 e. The molecule has 1 unspecified atom stereocenters. The van der Waals surface area contributed by atoms with Gasteiger partial charge in [0.1, 0.15) is 11.5 Å². The molecule has 1 fully saturated rings. The summed E-state index contributed by atoms with van der Waals surface area (Å²) < 4.78 is 5.26. The first-order valence-corrected chi connectivity index (χ1v) is 13.0. The van der Waals surface area contributed by atoms with Crippen molar-refractivity contribution in [3.8, 4) is 5.75 Å². The average Bonchev–Trinajstić information content (AvgIpc) is 3.17. The van der Waals surface area contributed by atoms with Crippen LogP contribution in [0, 0.1) is 0 Å². The van der Waals surface area contributed by atoms with Gasteiger partial charge in [0, 0.05) is 12.1 Å². The molecule has 190 valence electrons. The van der Waals surface area contributed by atoms with Crippen LogP contribution in [0.3, 0.4) is 0 Å². The fourth-order valence-electron chi connectivity index (χ4n) is 5.42. The van der Waals surface area contributed by atoms with Gasteiger partial charge in [-0.15, -0.1) is 0 Å². The highest BCUT2D eigenvalue weighted by Gasteiger charge is 2.46. The Bertz CT molecular complexity index is 1350. The van der Waals surface area contributed by atoms with Crippen molar-refractivity contribution in [3.63, 3.8) is 0 Å². The first-order valence-electron chi connectivity index (χ1n) is 13.0. The molecular weight excluding hydrogens is 462 g/mol. The van der Waals surface area contributed by atoms with Crippen molar-refractivity contribution < 1.29 is 19.4 Å². The number of nitrogens with zero attached hydrogens (tertiary/aromatic N) is 1. The molecule has 1 aliphatic heterocycles. The second-order valence-electron chi connectivity index (χ2n) is 10.3. The third kappa shape index (κ3) is 4.78. The normalized spacial score (nSPS) is 18.8. The van der Waals surface area contributed by atoms with Gasteiger partial charge >= 0.3 is 0 Å². The summed E-state index contributed by atoms with van der Waals surface area (Å²) in [4.78, 5) is 28.4. The second kappa shape index (κ2) is 10.3. The molecule has 5 nitrogen and oxygen atoms in total. The number of ketones is 1. The predicted molar refractivity (Wildman–Crippen MR) is 144 cm³/mol. The summed E-state index contributed by atoms with van der Waals surface area (Å²) >= 11 is 0. The number of ether oxygens (including phenoxy) is 1. The molecule has 3 aromatic rings. The lowest BCUT2D eigenvalue weighted by molar-refractivity contribution is -0.140. The van der Waals surface area contributed by atoms with Gasteiger partial charge in [-0.1, -0.05) is 62.4 Å². The Balaban J connectivity index is 1.60. The standard InChI is InChI=1S/C32H33NO4/c1-20(2)22-10-13-24(14-11-22)29-28(30(34)26-15-12-23-6-4-5-7-25(23)18-26)31(35)32(36)33(29)19-21-8-16-27(37-3)17-9-21/h8-18,20,29,34H,4-7,19H2,1-3H3/b30-28-. The number of likely N-dealkylation sites (tertiary alicyclic amines) is 1. The third-order valence-corrected chi connectivity index (χ3v) is 7.59. The van der Waals surface area contributed by atoms with Gasteiger partial charge in [0.15, 0.2) is 0 Å². The molecule has 1 heterocycles. The minimum atomic E-state index is -0.681. The van der Waals surface area contributed by atoms with E-state index in [9.17, 15) is 14.7 Å². The summed E-state index contributed by atoms with van der Waals surface area (Å²) in [5.74, 6) is -0.286. The first-order chi connectivity index (χ1) is 17.9. The fourth-order valence-corrected chi connectivity index (χ4v) is 5.42. The molecule has 5 rings (SSSR count). The molecule has 1 atom stereocenters.